The zero-order valence-electron chi connectivity index (χ0n) is 24.0. The molecule has 2 heterocycles. The maximum absolute atomic E-state index is 13.5. The van der Waals surface area contributed by atoms with Crippen LogP contribution in [0.4, 0.5) is 4.79 Å². The van der Waals surface area contributed by atoms with E-state index in [1.165, 1.54) is 12.7 Å². The van der Waals surface area contributed by atoms with Crippen LogP contribution < -0.4 is 11.1 Å². The molecule has 1 fully saturated rings. The van der Waals surface area contributed by atoms with Crippen LogP contribution in [0.25, 0.3) is 11.1 Å². The van der Waals surface area contributed by atoms with Crippen LogP contribution in [0.3, 0.4) is 0 Å². The van der Waals surface area contributed by atoms with Crippen molar-refractivity contribution in [3.05, 3.63) is 81.8 Å². The zero-order valence-corrected chi connectivity index (χ0v) is 24.8. The summed E-state index contributed by atoms with van der Waals surface area (Å²) in [6.07, 6.45) is 2.64. The van der Waals surface area contributed by atoms with E-state index in [9.17, 15) is 14.7 Å². The van der Waals surface area contributed by atoms with Gasteiger partial charge >= 0.3 is 6.09 Å². The largest absolute Gasteiger partial charge is 0.456 e. The normalized spacial score (nSPS) is 16.7. The van der Waals surface area contributed by atoms with Crippen molar-refractivity contribution >= 4 is 23.6 Å². The molecule has 2 unspecified atom stereocenters. The van der Waals surface area contributed by atoms with Crippen molar-refractivity contribution in [1.29, 1.82) is 0 Å². The van der Waals surface area contributed by atoms with Gasteiger partial charge in [0.15, 0.2) is 5.76 Å². The summed E-state index contributed by atoms with van der Waals surface area (Å²) >= 11 is 6.84. The van der Waals surface area contributed by atoms with E-state index in [4.69, 9.17) is 26.5 Å². The number of hydrogen-bond acceptors (Lipinski definition) is 6. The van der Waals surface area contributed by atoms with E-state index in [0.717, 1.165) is 41.5 Å². The quantitative estimate of drug-likeness (QED) is 0.260. The van der Waals surface area contributed by atoms with Gasteiger partial charge in [-0.05, 0) is 67.9 Å². The molecule has 220 valence electrons. The Balaban J connectivity index is 1.71. The van der Waals surface area contributed by atoms with E-state index in [1.807, 2.05) is 30.3 Å². The van der Waals surface area contributed by atoms with E-state index in [1.54, 1.807) is 17.9 Å². The van der Waals surface area contributed by atoms with Gasteiger partial charge in [0.2, 0.25) is 0 Å². The Labute approximate surface area is 246 Å². The summed E-state index contributed by atoms with van der Waals surface area (Å²) in [4.78, 5) is 26.9. The predicted molar refractivity (Wildman–Crippen MR) is 160 cm³/mol. The third-order valence-corrected chi connectivity index (χ3v) is 8.44. The number of nitrogens with two attached hydrogens (primary N) is 1. The molecule has 8 nitrogen and oxygen atoms in total. The lowest BCUT2D eigenvalue weighted by atomic mass is 9.72. The van der Waals surface area contributed by atoms with E-state index < -0.39 is 11.7 Å². The summed E-state index contributed by atoms with van der Waals surface area (Å²) in [6.45, 7) is 5.43. The molecule has 2 aromatic carbocycles. The number of benzene rings is 2. The maximum Gasteiger partial charge on any atom is 0.406 e. The van der Waals surface area contributed by atoms with Gasteiger partial charge < -0.3 is 30.2 Å². The Morgan fingerprint density at radius 3 is 2.73 bits per heavy atom. The number of carbonyl (C=O) groups is 2. The van der Waals surface area contributed by atoms with Crippen molar-refractivity contribution < 1.29 is 23.8 Å². The number of aryl methyl sites for hydroxylation is 2. The third kappa shape index (κ3) is 6.77. The van der Waals surface area contributed by atoms with Crippen molar-refractivity contribution in [3.63, 3.8) is 0 Å². The van der Waals surface area contributed by atoms with Crippen LogP contribution in [0.5, 0.6) is 0 Å². The number of nitrogens with one attached hydrogen (secondary N) is 1. The molecule has 1 aliphatic rings. The molecule has 2 atom stereocenters. The van der Waals surface area contributed by atoms with E-state index in [0.29, 0.717) is 49.8 Å². The number of amides is 2. The minimum atomic E-state index is -1.33. The number of ether oxygens (including phenoxy) is 1. The van der Waals surface area contributed by atoms with Gasteiger partial charge in [0.1, 0.15) is 5.76 Å². The van der Waals surface area contributed by atoms with Crippen LogP contribution in [0.2, 0.25) is 5.02 Å². The van der Waals surface area contributed by atoms with Crippen LogP contribution in [-0.2, 0) is 23.3 Å². The Kier molecular flexibility index (Phi) is 10.1. The van der Waals surface area contributed by atoms with Gasteiger partial charge in [0.05, 0.1) is 12.7 Å². The van der Waals surface area contributed by atoms with Gasteiger partial charge in [-0.2, -0.15) is 0 Å². The second kappa shape index (κ2) is 13.6. The lowest BCUT2D eigenvalue weighted by Crippen LogP contribution is -2.48. The van der Waals surface area contributed by atoms with Crippen molar-refractivity contribution in [1.82, 2.24) is 10.2 Å². The summed E-state index contributed by atoms with van der Waals surface area (Å²) < 4.78 is 10.5. The number of piperidine rings is 1. The number of methoxy groups -OCH3 is 1. The average Bonchev–Trinajstić information content (AvgIpc) is 3.38. The molecule has 2 amide bonds. The minimum absolute atomic E-state index is 0.214. The third-order valence-electron chi connectivity index (χ3n) is 8.13. The Morgan fingerprint density at radius 2 is 2.02 bits per heavy atom. The highest BCUT2D eigenvalue weighted by molar-refractivity contribution is 6.33. The van der Waals surface area contributed by atoms with E-state index >= 15 is 0 Å². The van der Waals surface area contributed by atoms with Gasteiger partial charge in [0, 0.05) is 48.2 Å². The van der Waals surface area contributed by atoms with Gasteiger partial charge in [-0.25, -0.2) is 4.79 Å². The Bertz CT molecular complexity index is 1370. The zero-order chi connectivity index (χ0) is 29.6. The second-order valence-corrected chi connectivity index (χ2v) is 11.1. The van der Waals surface area contributed by atoms with Crippen molar-refractivity contribution in [2.75, 3.05) is 26.7 Å². The molecule has 3 aromatic rings. The smallest absolute Gasteiger partial charge is 0.406 e. The summed E-state index contributed by atoms with van der Waals surface area (Å²) in [6, 6.07) is 15.5. The lowest BCUT2D eigenvalue weighted by Gasteiger charge is -2.43. The highest BCUT2D eigenvalue weighted by Gasteiger charge is 2.43. The molecule has 9 heteroatoms. The number of furan rings is 1. The highest BCUT2D eigenvalue weighted by atomic mass is 35.5. The molecule has 4 rings (SSSR count). The predicted octanol–water partition coefficient (Wildman–Crippen LogP) is 5.81. The number of alkyl carbamates (subject to hydrolysis) is 1. The van der Waals surface area contributed by atoms with Crippen molar-refractivity contribution in [2.45, 2.75) is 58.1 Å². The first-order valence-corrected chi connectivity index (χ1v) is 14.6. The summed E-state index contributed by atoms with van der Waals surface area (Å²) in [5.74, 6) is 0.398. The minimum Gasteiger partial charge on any atom is -0.456 e. The molecule has 1 saturated heterocycles. The van der Waals surface area contributed by atoms with Crippen LogP contribution in [0.1, 0.15) is 65.6 Å². The molecule has 1 aromatic heterocycles. The second-order valence-electron chi connectivity index (χ2n) is 10.6. The van der Waals surface area contributed by atoms with Gasteiger partial charge in [-0.1, -0.05) is 54.9 Å². The van der Waals surface area contributed by atoms with Crippen LogP contribution in [-0.4, -0.2) is 48.8 Å². The molecule has 0 aliphatic carbocycles. The molecule has 0 saturated carbocycles. The fraction of sp³-hybridized carbons (Fsp3) is 0.438. The lowest BCUT2D eigenvalue weighted by molar-refractivity contribution is -0.0566. The summed E-state index contributed by atoms with van der Waals surface area (Å²) in [5, 5.41) is 16.0. The van der Waals surface area contributed by atoms with E-state index in [-0.39, 0.29) is 17.6 Å². The topological polar surface area (TPSA) is 118 Å². The number of hydrogen-bond donors (Lipinski definition) is 3. The van der Waals surface area contributed by atoms with Crippen LogP contribution in [0, 0.1) is 12.8 Å². The monoisotopic (exact) mass is 581 g/mol. The van der Waals surface area contributed by atoms with Gasteiger partial charge in [-0.15, -0.1) is 0 Å². The molecule has 0 bridgehead atoms. The van der Waals surface area contributed by atoms with Crippen molar-refractivity contribution in [2.24, 2.45) is 11.7 Å². The first-order chi connectivity index (χ1) is 19.7. The fourth-order valence-electron chi connectivity index (χ4n) is 5.84. The number of halogens is 1. The van der Waals surface area contributed by atoms with Gasteiger partial charge in [0.25, 0.3) is 5.91 Å². The molecular formula is C32H40ClN3O5. The molecule has 0 spiro atoms. The molecule has 0 radical (unpaired) electrons. The number of carbonyl (C=O) groups excluding carboxylic acids is 2. The number of likely N-dealkylation sites (tertiary alicyclic amines) is 1. The maximum atomic E-state index is 13.5. The average molecular weight is 582 g/mol. The first-order valence-electron chi connectivity index (χ1n) is 14.2. The fourth-order valence-corrected chi connectivity index (χ4v) is 6.12. The highest BCUT2D eigenvalue weighted by Crippen LogP contribution is 2.45. The van der Waals surface area contributed by atoms with Crippen molar-refractivity contribution in [3.8, 4) is 11.1 Å². The Morgan fingerprint density at radius 1 is 1.24 bits per heavy atom. The summed E-state index contributed by atoms with van der Waals surface area (Å²) in [7, 11) is 1.32. The van der Waals surface area contributed by atoms with Crippen LogP contribution in [0.15, 0.2) is 52.9 Å². The summed E-state index contributed by atoms with van der Waals surface area (Å²) in [5.41, 5.74) is 8.87. The van der Waals surface area contributed by atoms with Crippen LogP contribution >= 0.6 is 11.6 Å². The number of aliphatic hydroxyl groups is 1. The number of nitrogens with zero attached hydrogens (tertiary/aromatic N) is 1. The Hall–Kier alpha value is -3.33. The first kappa shape index (κ1) is 30.6. The molecule has 1 aliphatic heterocycles. The SMILES string of the molecule is CCc1cccc(-c2c(Cl)cccc2C(O)(CCCNC(=O)OC)C2CCCN(C(=O)c3cc(CN)c(C)o3)C2)c1. The molecule has 41 heavy (non-hydrogen) atoms. The van der Waals surface area contributed by atoms with E-state index in [2.05, 4.69) is 24.4 Å². The standard InChI is InChI=1S/C32H40ClN3O5/c1-4-22-9-5-10-23(17-22)29-26(12-6-13-27(29)33)32(39,14-8-15-35-31(38)40-3)25-11-7-16-36(20-25)30(37)28-18-24(19-34)21(2)41-28/h5-6,9-10,12-13,17-18,25,39H,4,7-8,11,14-16,19-20,34H2,1-3H3,(H,35,38). The molecular weight excluding hydrogens is 542 g/mol. The number of rotatable bonds is 10. The van der Waals surface area contributed by atoms with Gasteiger partial charge in [-0.3, -0.25) is 4.79 Å². The molecule has 4 N–H and O–H groups in total.